The summed E-state index contributed by atoms with van der Waals surface area (Å²) >= 11 is 0. The van der Waals surface area contributed by atoms with Crippen molar-refractivity contribution in [3.05, 3.63) is 65.5 Å². The van der Waals surface area contributed by atoms with Crippen molar-refractivity contribution in [3.63, 3.8) is 0 Å². The minimum Gasteiger partial charge on any atom is -0.496 e. The Labute approximate surface area is 148 Å². The van der Waals surface area contributed by atoms with E-state index >= 15 is 0 Å². The number of rotatable bonds is 3. The van der Waals surface area contributed by atoms with Gasteiger partial charge in [0.15, 0.2) is 0 Å². The summed E-state index contributed by atoms with van der Waals surface area (Å²) in [7, 11) is 1.60. The maximum absolute atomic E-state index is 14.5. The Balaban J connectivity index is 1.66. The van der Waals surface area contributed by atoms with Crippen molar-refractivity contribution in [1.29, 1.82) is 0 Å². The van der Waals surface area contributed by atoms with E-state index in [0.29, 0.717) is 17.9 Å². The Kier molecular flexibility index (Phi) is 4.48. The molecule has 1 spiro atoms. The van der Waals surface area contributed by atoms with Crippen LogP contribution >= 0.6 is 0 Å². The van der Waals surface area contributed by atoms with Crippen molar-refractivity contribution in [2.75, 3.05) is 20.3 Å². The molecule has 4 rings (SSSR count). The lowest BCUT2D eigenvalue weighted by Crippen LogP contribution is -2.48. The minimum absolute atomic E-state index is 0.0160. The number of hydrogen-bond donors (Lipinski definition) is 1. The van der Waals surface area contributed by atoms with Gasteiger partial charge in [-0.25, -0.2) is 4.39 Å². The Hall–Kier alpha value is -1.91. The van der Waals surface area contributed by atoms with E-state index in [9.17, 15) is 4.39 Å². The standard InChI is InChI=1S/C21H24FNO2/c1-24-18-10-5-9-17(22)19(18)16-13-21(25-14-16)11-6-12-23-20(21)15-7-3-2-4-8-15/h2-5,7-10,16,20,23H,6,11-14H2,1H3/t16-,20-,21+/m0/s1. The predicted octanol–water partition coefficient (Wildman–Crippen LogP) is 4.20. The molecule has 2 aromatic rings. The van der Waals surface area contributed by atoms with Crippen molar-refractivity contribution < 1.29 is 13.9 Å². The van der Waals surface area contributed by atoms with Crippen LogP contribution in [0.4, 0.5) is 4.39 Å². The van der Waals surface area contributed by atoms with Crippen molar-refractivity contribution in [3.8, 4) is 5.75 Å². The van der Waals surface area contributed by atoms with Gasteiger partial charge in [-0.15, -0.1) is 0 Å². The molecule has 0 radical (unpaired) electrons. The van der Waals surface area contributed by atoms with E-state index in [1.807, 2.05) is 12.1 Å². The summed E-state index contributed by atoms with van der Waals surface area (Å²) in [5, 5.41) is 3.63. The van der Waals surface area contributed by atoms with Crippen LogP contribution in [0.3, 0.4) is 0 Å². The smallest absolute Gasteiger partial charge is 0.130 e. The van der Waals surface area contributed by atoms with Gasteiger partial charge in [0.25, 0.3) is 0 Å². The van der Waals surface area contributed by atoms with Gasteiger partial charge in [-0.3, -0.25) is 0 Å². The third-order valence-corrected chi connectivity index (χ3v) is 5.59. The van der Waals surface area contributed by atoms with Crippen LogP contribution in [0, 0.1) is 5.82 Å². The van der Waals surface area contributed by atoms with E-state index in [4.69, 9.17) is 9.47 Å². The molecule has 2 aliphatic rings. The van der Waals surface area contributed by atoms with E-state index in [2.05, 4.69) is 29.6 Å². The van der Waals surface area contributed by atoms with Gasteiger partial charge in [0.05, 0.1) is 25.4 Å². The molecule has 2 fully saturated rings. The van der Waals surface area contributed by atoms with E-state index in [1.54, 1.807) is 13.2 Å². The predicted molar refractivity (Wildman–Crippen MR) is 95.4 cm³/mol. The maximum Gasteiger partial charge on any atom is 0.130 e. The fourth-order valence-corrected chi connectivity index (χ4v) is 4.49. The first kappa shape index (κ1) is 16.6. The first-order valence-corrected chi connectivity index (χ1v) is 8.98. The van der Waals surface area contributed by atoms with Crippen LogP contribution in [0.25, 0.3) is 0 Å². The molecule has 2 aromatic carbocycles. The van der Waals surface area contributed by atoms with Crippen LogP contribution in [-0.2, 0) is 4.74 Å². The number of nitrogens with one attached hydrogen (secondary N) is 1. The number of ether oxygens (including phenoxy) is 2. The maximum atomic E-state index is 14.5. The first-order chi connectivity index (χ1) is 12.2. The number of hydrogen-bond acceptors (Lipinski definition) is 3. The molecule has 2 heterocycles. The molecule has 0 aromatic heterocycles. The molecular formula is C21H24FNO2. The molecule has 0 aliphatic carbocycles. The summed E-state index contributed by atoms with van der Waals surface area (Å²) in [4.78, 5) is 0. The molecular weight excluding hydrogens is 317 g/mol. The Morgan fingerprint density at radius 1 is 1.16 bits per heavy atom. The fraction of sp³-hybridized carbons (Fsp3) is 0.429. The lowest BCUT2D eigenvalue weighted by atomic mass is 9.77. The molecule has 3 atom stereocenters. The molecule has 0 amide bonds. The normalized spacial score (nSPS) is 29.0. The van der Waals surface area contributed by atoms with Crippen LogP contribution in [0.15, 0.2) is 48.5 Å². The van der Waals surface area contributed by atoms with E-state index < -0.39 is 0 Å². The highest BCUT2D eigenvalue weighted by molar-refractivity contribution is 5.39. The van der Waals surface area contributed by atoms with Crippen LogP contribution in [-0.4, -0.2) is 25.9 Å². The van der Waals surface area contributed by atoms with Gasteiger partial charge >= 0.3 is 0 Å². The monoisotopic (exact) mass is 341 g/mol. The van der Waals surface area contributed by atoms with Gasteiger partial charge in [-0.2, -0.15) is 0 Å². The topological polar surface area (TPSA) is 30.5 Å². The summed E-state index contributed by atoms with van der Waals surface area (Å²) < 4.78 is 26.3. The van der Waals surface area contributed by atoms with Crippen LogP contribution in [0.1, 0.15) is 42.3 Å². The van der Waals surface area contributed by atoms with Crippen molar-refractivity contribution >= 4 is 0 Å². The fourth-order valence-electron chi connectivity index (χ4n) is 4.49. The average Bonchev–Trinajstić information content (AvgIpc) is 3.06. The quantitative estimate of drug-likeness (QED) is 0.907. The highest BCUT2D eigenvalue weighted by Gasteiger charge is 2.49. The average molecular weight is 341 g/mol. The molecule has 2 aliphatic heterocycles. The van der Waals surface area contributed by atoms with E-state index in [-0.39, 0.29) is 23.4 Å². The zero-order valence-electron chi connectivity index (χ0n) is 14.5. The Bertz CT molecular complexity index is 736. The molecule has 0 saturated carbocycles. The zero-order chi connectivity index (χ0) is 17.3. The lowest BCUT2D eigenvalue weighted by molar-refractivity contribution is -0.0484. The third-order valence-electron chi connectivity index (χ3n) is 5.59. The molecule has 2 saturated heterocycles. The third kappa shape index (κ3) is 2.94. The van der Waals surface area contributed by atoms with E-state index in [0.717, 1.165) is 25.8 Å². The molecule has 0 unspecified atom stereocenters. The molecule has 0 bridgehead atoms. The van der Waals surface area contributed by atoms with Crippen molar-refractivity contribution in [2.45, 2.75) is 36.8 Å². The van der Waals surface area contributed by atoms with E-state index in [1.165, 1.54) is 11.6 Å². The lowest BCUT2D eigenvalue weighted by Gasteiger charge is -2.41. The van der Waals surface area contributed by atoms with Gasteiger partial charge in [0.1, 0.15) is 11.6 Å². The molecule has 4 heteroatoms. The number of benzene rings is 2. The summed E-state index contributed by atoms with van der Waals surface area (Å²) in [6.07, 6.45) is 2.87. The summed E-state index contributed by atoms with van der Waals surface area (Å²) in [5.74, 6) is 0.429. The minimum atomic E-state index is -0.280. The number of methoxy groups -OCH3 is 1. The zero-order valence-corrected chi connectivity index (χ0v) is 14.5. The highest BCUT2D eigenvalue weighted by atomic mass is 19.1. The molecule has 1 N–H and O–H groups in total. The Morgan fingerprint density at radius 3 is 2.80 bits per heavy atom. The summed E-state index contributed by atoms with van der Waals surface area (Å²) in [6, 6.07) is 15.6. The van der Waals surface area contributed by atoms with Gasteiger partial charge in [-0.1, -0.05) is 36.4 Å². The number of piperidine rings is 1. The van der Waals surface area contributed by atoms with Crippen LogP contribution in [0.5, 0.6) is 5.75 Å². The van der Waals surface area contributed by atoms with Gasteiger partial charge in [-0.05, 0) is 43.5 Å². The summed E-state index contributed by atoms with van der Waals surface area (Å²) in [6.45, 7) is 1.51. The molecule has 25 heavy (non-hydrogen) atoms. The second-order valence-corrected chi connectivity index (χ2v) is 7.03. The van der Waals surface area contributed by atoms with Crippen molar-refractivity contribution in [2.24, 2.45) is 0 Å². The summed E-state index contributed by atoms with van der Waals surface area (Å²) in [5.41, 5.74) is 1.61. The largest absolute Gasteiger partial charge is 0.496 e. The highest BCUT2D eigenvalue weighted by Crippen LogP contribution is 2.49. The molecule has 3 nitrogen and oxygen atoms in total. The second kappa shape index (κ2) is 6.77. The van der Waals surface area contributed by atoms with Gasteiger partial charge < -0.3 is 14.8 Å². The van der Waals surface area contributed by atoms with Crippen molar-refractivity contribution in [1.82, 2.24) is 5.32 Å². The first-order valence-electron chi connectivity index (χ1n) is 8.98. The van der Waals surface area contributed by atoms with Gasteiger partial charge in [0.2, 0.25) is 0 Å². The Morgan fingerprint density at radius 2 is 2.00 bits per heavy atom. The second-order valence-electron chi connectivity index (χ2n) is 7.03. The van der Waals surface area contributed by atoms with Gasteiger partial charge in [0, 0.05) is 11.5 Å². The number of halogens is 1. The van der Waals surface area contributed by atoms with Crippen LogP contribution in [0.2, 0.25) is 0 Å². The van der Waals surface area contributed by atoms with Crippen LogP contribution < -0.4 is 10.1 Å². The SMILES string of the molecule is COc1cccc(F)c1[C@@H]1CO[C@]2(CCCN[C@H]2c2ccccc2)C1. The molecule has 132 valence electrons.